The molecule has 0 spiro atoms. The van der Waals surface area contributed by atoms with Crippen LogP contribution < -0.4 is 5.32 Å². The molecule has 0 heterocycles. The van der Waals surface area contributed by atoms with E-state index in [2.05, 4.69) is 5.32 Å². The van der Waals surface area contributed by atoms with Crippen LogP contribution in [0.4, 0.5) is 0 Å². The summed E-state index contributed by atoms with van der Waals surface area (Å²) in [7, 11) is 0. The molecule has 0 amide bonds. The second-order valence-electron chi connectivity index (χ2n) is 5.83. The quantitative estimate of drug-likeness (QED) is 0.725. The summed E-state index contributed by atoms with van der Waals surface area (Å²) >= 11 is 5.85. The molecule has 0 aromatic heterocycles. The van der Waals surface area contributed by atoms with Gasteiger partial charge in [-0.1, -0.05) is 43.0 Å². The highest BCUT2D eigenvalue weighted by molar-refractivity contribution is 6.30. The van der Waals surface area contributed by atoms with Gasteiger partial charge in [0.1, 0.15) is 0 Å². The Balaban J connectivity index is 1.52. The molecule has 21 heavy (non-hydrogen) atoms. The van der Waals surface area contributed by atoms with Gasteiger partial charge in [0.25, 0.3) is 0 Å². The fraction of sp³-hybridized carbons (Fsp3) is 0.647. The minimum absolute atomic E-state index is 0.363. The maximum Gasteiger partial charge on any atom is 0.0897 e. The SMILES string of the molecule is OC(CNCCc1ccc(Cl)cc1)COC1CCCCC1. The van der Waals surface area contributed by atoms with E-state index >= 15 is 0 Å². The third kappa shape index (κ3) is 6.79. The van der Waals surface area contributed by atoms with E-state index in [1.807, 2.05) is 24.3 Å². The number of halogens is 1. The first-order chi connectivity index (χ1) is 10.2. The minimum atomic E-state index is -0.419. The summed E-state index contributed by atoms with van der Waals surface area (Å²) in [5, 5.41) is 13.9. The molecule has 1 aromatic carbocycles. The van der Waals surface area contributed by atoms with Crippen molar-refractivity contribution in [2.75, 3.05) is 19.7 Å². The van der Waals surface area contributed by atoms with Gasteiger partial charge in [0.15, 0.2) is 0 Å². The lowest BCUT2D eigenvalue weighted by Gasteiger charge is -2.23. The second-order valence-corrected chi connectivity index (χ2v) is 6.26. The molecule has 0 saturated heterocycles. The molecule has 1 saturated carbocycles. The standard InChI is InChI=1S/C17H26ClNO2/c18-15-8-6-14(7-9-15)10-11-19-12-16(20)13-21-17-4-2-1-3-5-17/h6-9,16-17,19-20H,1-5,10-13H2. The monoisotopic (exact) mass is 311 g/mol. The predicted molar refractivity (Wildman–Crippen MR) is 86.9 cm³/mol. The van der Waals surface area contributed by atoms with Crippen molar-refractivity contribution in [3.05, 3.63) is 34.9 Å². The summed E-state index contributed by atoms with van der Waals surface area (Å²) in [6, 6.07) is 7.88. The number of hydrogen-bond acceptors (Lipinski definition) is 3. The van der Waals surface area contributed by atoms with Gasteiger partial charge in [0, 0.05) is 11.6 Å². The van der Waals surface area contributed by atoms with Gasteiger partial charge >= 0.3 is 0 Å². The van der Waals surface area contributed by atoms with Crippen molar-refractivity contribution in [2.45, 2.75) is 50.7 Å². The molecular formula is C17H26ClNO2. The summed E-state index contributed by atoms with van der Waals surface area (Å²) in [6.07, 6.45) is 7.04. The summed E-state index contributed by atoms with van der Waals surface area (Å²) in [6.45, 7) is 1.88. The van der Waals surface area contributed by atoms with Crippen LogP contribution in [0, 0.1) is 0 Å². The number of nitrogens with one attached hydrogen (secondary N) is 1. The van der Waals surface area contributed by atoms with Gasteiger partial charge in [-0.2, -0.15) is 0 Å². The van der Waals surface area contributed by atoms with Crippen LogP contribution in [0.2, 0.25) is 5.02 Å². The van der Waals surface area contributed by atoms with Crippen LogP contribution in [0.15, 0.2) is 24.3 Å². The van der Waals surface area contributed by atoms with Crippen molar-refractivity contribution in [2.24, 2.45) is 0 Å². The molecule has 1 aliphatic carbocycles. The Morgan fingerprint density at radius 1 is 1.19 bits per heavy atom. The van der Waals surface area contributed by atoms with Gasteiger partial charge in [0.05, 0.1) is 18.8 Å². The highest BCUT2D eigenvalue weighted by Gasteiger charge is 2.15. The lowest BCUT2D eigenvalue weighted by Crippen LogP contribution is -2.33. The number of aliphatic hydroxyl groups excluding tert-OH is 1. The lowest BCUT2D eigenvalue weighted by atomic mass is 9.98. The van der Waals surface area contributed by atoms with E-state index in [0.29, 0.717) is 19.3 Å². The molecule has 2 N–H and O–H groups in total. The molecule has 118 valence electrons. The van der Waals surface area contributed by atoms with E-state index in [0.717, 1.165) is 30.8 Å². The molecule has 1 unspecified atom stereocenters. The molecule has 3 nitrogen and oxygen atoms in total. The molecule has 1 atom stereocenters. The summed E-state index contributed by atoms with van der Waals surface area (Å²) in [5.74, 6) is 0. The molecule has 0 bridgehead atoms. The van der Waals surface area contributed by atoms with Crippen LogP contribution >= 0.6 is 11.6 Å². The first kappa shape index (κ1) is 16.8. The normalized spacial score (nSPS) is 17.8. The molecule has 0 aliphatic heterocycles. The van der Waals surface area contributed by atoms with Crippen molar-refractivity contribution in [3.63, 3.8) is 0 Å². The Kier molecular flexibility index (Phi) is 7.51. The maximum atomic E-state index is 9.91. The molecule has 1 aromatic rings. The van der Waals surface area contributed by atoms with Crippen molar-refractivity contribution >= 4 is 11.6 Å². The highest BCUT2D eigenvalue weighted by Crippen LogP contribution is 2.20. The predicted octanol–water partition coefficient (Wildman–Crippen LogP) is 3.18. The van der Waals surface area contributed by atoms with Crippen molar-refractivity contribution in [1.29, 1.82) is 0 Å². The van der Waals surface area contributed by atoms with Crippen LogP contribution in [0.5, 0.6) is 0 Å². The van der Waals surface area contributed by atoms with Gasteiger partial charge < -0.3 is 15.2 Å². The van der Waals surface area contributed by atoms with Gasteiger partial charge in [-0.05, 0) is 43.5 Å². The summed E-state index contributed by atoms with van der Waals surface area (Å²) in [4.78, 5) is 0. The number of benzene rings is 1. The van der Waals surface area contributed by atoms with E-state index < -0.39 is 6.10 Å². The number of hydrogen-bond donors (Lipinski definition) is 2. The summed E-state index contributed by atoms with van der Waals surface area (Å²) in [5.41, 5.74) is 1.25. The van der Waals surface area contributed by atoms with Gasteiger partial charge in [-0.3, -0.25) is 0 Å². The highest BCUT2D eigenvalue weighted by atomic mass is 35.5. The lowest BCUT2D eigenvalue weighted by molar-refractivity contribution is -0.0228. The average Bonchev–Trinajstić information content (AvgIpc) is 2.52. The molecule has 1 aliphatic rings. The van der Waals surface area contributed by atoms with E-state index in [9.17, 15) is 5.11 Å². The zero-order valence-electron chi connectivity index (χ0n) is 12.6. The van der Waals surface area contributed by atoms with E-state index in [-0.39, 0.29) is 0 Å². The van der Waals surface area contributed by atoms with Gasteiger partial charge in [-0.25, -0.2) is 0 Å². The van der Waals surface area contributed by atoms with E-state index in [4.69, 9.17) is 16.3 Å². The minimum Gasteiger partial charge on any atom is -0.389 e. The fourth-order valence-corrected chi connectivity index (χ4v) is 2.82. The maximum absolute atomic E-state index is 9.91. The molecule has 2 rings (SSSR count). The van der Waals surface area contributed by atoms with E-state index in [1.165, 1.54) is 24.8 Å². The summed E-state index contributed by atoms with van der Waals surface area (Å²) < 4.78 is 5.77. The van der Waals surface area contributed by atoms with Gasteiger partial charge in [0.2, 0.25) is 0 Å². The van der Waals surface area contributed by atoms with Crippen molar-refractivity contribution in [1.82, 2.24) is 5.32 Å². The largest absolute Gasteiger partial charge is 0.389 e. The zero-order chi connectivity index (χ0) is 14.9. The topological polar surface area (TPSA) is 41.5 Å². The molecule has 0 radical (unpaired) electrons. The first-order valence-electron chi connectivity index (χ1n) is 7.99. The Hall–Kier alpha value is -0.610. The van der Waals surface area contributed by atoms with Crippen LogP contribution in [0.3, 0.4) is 0 Å². The number of rotatable bonds is 8. The van der Waals surface area contributed by atoms with Gasteiger partial charge in [-0.15, -0.1) is 0 Å². The van der Waals surface area contributed by atoms with Crippen LogP contribution in [-0.2, 0) is 11.2 Å². The van der Waals surface area contributed by atoms with Crippen LogP contribution in [0.25, 0.3) is 0 Å². The third-order valence-corrected chi connectivity index (χ3v) is 4.21. The zero-order valence-corrected chi connectivity index (χ0v) is 13.3. The average molecular weight is 312 g/mol. The Labute approximate surface area is 132 Å². The van der Waals surface area contributed by atoms with Crippen molar-refractivity contribution < 1.29 is 9.84 Å². The smallest absolute Gasteiger partial charge is 0.0897 e. The van der Waals surface area contributed by atoms with Crippen LogP contribution in [-0.4, -0.2) is 37.0 Å². The van der Waals surface area contributed by atoms with E-state index in [1.54, 1.807) is 0 Å². The van der Waals surface area contributed by atoms with Crippen LogP contribution in [0.1, 0.15) is 37.7 Å². The first-order valence-corrected chi connectivity index (χ1v) is 8.36. The Morgan fingerprint density at radius 3 is 2.62 bits per heavy atom. The molecule has 4 heteroatoms. The van der Waals surface area contributed by atoms with Crippen molar-refractivity contribution in [3.8, 4) is 0 Å². The Bertz CT molecular complexity index is 390. The third-order valence-electron chi connectivity index (χ3n) is 3.96. The number of ether oxygens (including phenoxy) is 1. The second kappa shape index (κ2) is 9.42. The fourth-order valence-electron chi connectivity index (χ4n) is 2.69. The Morgan fingerprint density at radius 2 is 1.90 bits per heavy atom. The molecular weight excluding hydrogens is 286 g/mol. The molecule has 1 fully saturated rings. The number of aliphatic hydroxyl groups is 1.